The number of ether oxygens (including phenoxy) is 1. The van der Waals surface area contributed by atoms with E-state index in [1.54, 1.807) is 31.4 Å². The molecule has 1 unspecified atom stereocenters. The lowest BCUT2D eigenvalue weighted by Crippen LogP contribution is -2.36. The van der Waals surface area contributed by atoms with Crippen LogP contribution in [-0.2, 0) is 9.59 Å². The molecule has 7 heteroatoms. The van der Waals surface area contributed by atoms with E-state index in [4.69, 9.17) is 9.84 Å². The van der Waals surface area contributed by atoms with E-state index in [1.807, 2.05) is 30.3 Å². The topological polar surface area (TPSA) is 99.1 Å². The number of hydrogen-bond donors (Lipinski definition) is 3. The zero-order valence-corrected chi connectivity index (χ0v) is 16.2. The molecule has 0 spiro atoms. The third-order valence-corrected chi connectivity index (χ3v) is 4.84. The van der Waals surface area contributed by atoms with Crippen LogP contribution >= 0.6 is 0 Å². The first kappa shape index (κ1) is 20.6. The normalized spacial score (nSPS) is 18.3. The Kier molecular flexibility index (Phi) is 6.64. The molecule has 1 amide bonds. The van der Waals surface area contributed by atoms with Gasteiger partial charge < -0.3 is 25.2 Å². The fourth-order valence-electron chi connectivity index (χ4n) is 3.40. The van der Waals surface area contributed by atoms with Gasteiger partial charge in [-0.05, 0) is 29.8 Å². The van der Waals surface area contributed by atoms with Crippen LogP contribution in [0.15, 0.2) is 60.2 Å². The molecule has 1 saturated heterocycles. The van der Waals surface area contributed by atoms with Gasteiger partial charge in [-0.1, -0.05) is 30.3 Å². The van der Waals surface area contributed by atoms with Gasteiger partial charge in [0, 0.05) is 25.2 Å². The molecule has 3 rings (SSSR count). The van der Waals surface area contributed by atoms with E-state index in [2.05, 4.69) is 5.32 Å². The summed E-state index contributed by atoms with van der Waals surface area (Å²) in [5.41, 5.74) is 1.24. The molecule has 0 saturated carbocycles. The monoisotopic (exact) mass is 396 g/mol. The Hall–Kier alpha value is -3.16. The Balaban J connectivity index is 2.02. The summed E-state index contributed by atoms with van der Waals surface area (Å²) in [6.07, 6.45) is 0. The molecule has 2 aromatic carbocycles. The number of nitrogens with one attached hydrogen (secondary N) is 1. The summed E-state index contributed by atoms with van der Waals surface area (Å²) in [6, 6.07) is 15.1. The summed E-state index contributed by atoms with van der Waals surface area (Å²) in [5, 5.41) is 22.8. The Morgan fingerprint density at radius 1 is 1.07 bits per heavy atom. The maximum absolute atomic E-state index is 12.8. The van der Waals surface area contributed by atoms with Crippen molar-refractivity contribution in [3.63, 3.8) is 0 Å². The van der Waals surface area contributed by atoms with E-state index in [-0.39, 0.29) is 24.5 Å². The van der Waals surface area contributed by atoms with Gasteiger partial charge in [0.15, 0.2) is 0 Å². The van der Waals surface area contributed by atoms with Crippen LogP contribution < -0.4 is 10.1 Å². The van der Waals surface area contributed by atoms with Gasteiger partial charge in [0.25, 0.3) is 11.7 Å². The highest BCUT2D eigenvalue weighted by atomic mass is 16.5. The molecule has 1 aliphatic rings. The quantitative estimate of drug-likeness (QED) is 0.272. The standard InChI is InChI=1S/C22H24N2O5/c1-29-17-9-7-16(8-10-17)20(26)18-19(15-5-3-2-4-6-15)24(22(28)21(18)27)13-11-23-12-14-25/h2-10,19,23,25-26H,11-14H2,1H3/b20-18-. The van der Waals surface area contributed by atoms with E-state index in [0.717, 1.165) is 5.56 Å². The largest absolute Gasteiger partial charge is 0.507 e. The highest BCUT2D eigenvalue weighted by molar-refractivity contribution is 6.46. The summed E-state index contributed by atoms with van der Waals surface area (Å²) >= 11 is 0. The Bertz CT molecular complexity index is 893. The van der Waals surface area contributed by atoms with Crippen molar-refractivity contribution in [1.29, 1.82) is 0 Å². The van der Waals surface area contributed by atoms with Crippen molar-refractivity contribution in [1.82, 2.24) is 10.2 Å². The van der Waals surface area contributed by atoms with Gasteiger partial charge in [-0.25, -0.2) is 0 Å². The van der Waals surface area contributed by atoms with Gasteiger partial charge in [-0.3, -0.25) is 9.59 Å². The molecule has 0 aromatic heterocycles. The van der Waals surface area contributed by atoms with Crippen molar-refractivity contribution >= 4 is 17.4 Å². The third-order valence-electron chi connectivity index (χ3n) is 4.84. The van der Waals surface area contributed by atoms with Crippen LogP contribution in [0.25, 0.3) is 5.76 Å². The minimum Gasteiger partial charge on any atom is -0.507 e. The number of benzene rings is 2. The highest BCUT2D eigenvalue weighted by Crippen LogP contribution is 2.39. The first-order valence-electron chi connectivity index (χ1n) is 9.37. The van der Waals surface area contributed by atoms with E-state index < -0.39 is 17.7 Å². The van der Waals surface area contributed by atoms with Gasteiger partial charge in [0.1, 0.15) is 11.5 Å². The molecule has 1 heterocycles. The van der Waals surface area contributed by atoms with Gasteiger partial charge in [0.05, 0.1) is 25.3 Å². The number of aliphatic hydroxyl groups is 2. The zero-order chi connectivity index (χ0) is 20.8. The van der Waals surface area contributed by atoms with Crippen molar-refractivity contribution in [2.24, 2.45) is 0 Å². The van der Waals surface area contributed by atoms with E-state index >= 15 is 0 Å². The Morgan fingerprint density at radius 2 is 1.76 bits per heavy atom. The highest BCUT2D eigenvalue weighted by Gasteiger charge is 2.45. The second-order valence-electron chi connectivity index (χ2n) is 6.61. The van der Waals surface area contributed by atoms with Crippen LogP contribution in [0.2, 0.25) is 0 Å². The first-order chi connectivity index (χ1) is 14.1. The fourth-order valence-corrected chi connectivity index (χ4v) is 3.40. The number of Topliss-reactive ketones (excluding diaryl/α,β-unsaturated/α-hetero) is 1. The molecular formula is C22H24N2O5. The predicted molar refractivity (Wildman–Crippen MR) is 108 cm³/mol. The van der Waals surface area contributed by atoms with Crippen LogP contribution in [0.5, 0.6) is 5.75 Å². The summed E-state index contributed by atoms with van der Waals surface area (Å²) < 4.78 is 5.13. The van der Waals surface area contributed by atoms with Gasteiger partial charge in [-0.2, -0.15) is 0 Å². The number of carbonyl (C=O) groups excluding carboxylic acids is 2. The molecule has 1 fully saturated rings. The number of aliphatic hydroxyl groups excluding tert-OH is 2. The van der Waals surface area contributed by atoms with Crippen LogP contribution in [0, 0.1) is 0 Å². The second-order valence-corrected chi connectivity index (χ2v) is 6.61. The average molecular weight is 396 g/mol. The Morgan fingerprint density at radius 3 is 2.38 bits per heavy atom. The van der Waals surface area contributed by atoms with Gasteiger partial charge in [0.2, 0.25) is 0 Å². The number of ketones is 1. The van der Waals surface area contributed by atoms with Crippen LogP contribution in [0.1, 0.15) is 17.2 Å². The fraction of sp³-hybridized carbons (Fsp3) is 0.273. The molecule has 7 nitrogen and oxygen atoms in total. The maximum Gasteiger partial charge on any atom is 0.295 e. The lowest BCUT2D eigenvalue weighted by molar-refractivity contribution is -0.139. The van der Waals surface area contributed by atoms with E-state index in [1.165, 1.54) is 4.90 Å². The Labute approximate surface area is 169 Å². The summed E-state index contributed by atoms with van der Waals surface area (Å²) in [4.78, 5) is 27.0. The zero-order valence-electron chi connectivity index (χ0n) is 16.2. The van der Waals surface area contributed by atoms with E-state index in [0.29, 0.717) is 24.4 Å². The molecular weight excluding hydrogens is 372 g/mol. The van der Waals surface area contributed by atoms with Crippen LogP contribution in [0.3, 0.4) is 0 Å². The molecule has 2 aromatic rings. The van der Waals surface area contributed by atoms with Crippen molar-refractivity contribution in [3.8, 4) is 5.75 Å². The van der Waals surface area contributed by atoms with Gasteiger partial charge >= 0.3 is 0 Å². The molecule has 0 radical (unpaired) electrons. The van der Waals surface area contributed by atoms with Crippen molar-refractivity contribution in [2.45, 2.75) is 6.04 Å². The minimum absolute atomic E-state index is 0.0155. The summed E-state index contributed by atoms with van der Waals surface area (Å²) in [7, 11) is 1.54. The average Bonchev–Trinajstić information content (AvgIpc) is 3.01. The second kappa shape index (κ2) is 9.36. The lowest BCUT2D eigenvalue weighted by atomic mass is 9.95. The lowest BCUT2D eigenvalue weighted by Gasteiger charge is -2.25. The molecule has 0 aliphatic carbocycles. The molecule has 152 valence electrons. The number of amides is 1. The molecule has 1 atom stereocenters. The summed E-state index contributed by atoms with van der Waals surface area (Å²) in [6.45, 7) is 1.06. The third kappa shape index (κ3) is 4.31. The minimum atomic E-state index is -0.714. The maximum atomic E-state index is 12.8. The molecule has 3 N–H and O–H groups in total. The van der Waals surface area contributed by atoms with Crippen molar-refractivity contribution < 1.29 is 24.5 Å². The van der Waals surface area contributed by atoms with Crippen LogP contribution in [-0.4, -0.2) is 60.2 Å². The summed E-state index contributed by atoms with van der Waals surface area (Å²) in [5.74, 6) is -0.962. The number of nitrogens with zero attached hydrogens (tertiary/aromatic N) is 1. The number of methoxy groups -OCH3 is 1. The SMILES string of the molecule is COc1ccc(/C(O)=C2/C(=O)C(=O)N(CCNCCO)C2c2ccccc2)cc1. The molecule has 0 bridgehead atoms. The number of likely N-dealkylation sites (tertiary alicyclic amines) is 1. The van der Waals surface area contributed by atoms with Crippen LogP contribution in [0.4, 0.5) is 0 Å². The van der Waals surface area contributed by atoms with Gasteiger partial charge in [-0.15, -0.1) is 0 Å². The molecule has 1 aliphatic heterocycles. The predicted octanol–water partition coefficient (Wildman–Crippen LogP) is 1.70. The van der Waals surface area contributed by atoms with E-state index in [9.17, 15) is 14.7 Å². The van der Waals surface area contributed by atoms with Crippen molar-refractivity contribution in [3.05, 3.63) is 71.3 Å². The number of rotatable bonds is 8. The van der Waals surface area contributed by atoms with Crippen molar-refractivity contribution in [2.75, 3.05) is 33.4 Å². The smallest absolute Gasteiger partial charge is 0.295 e. The number of carbonyl (C=O) groups is 2. The number of hydrogen-bond acceptors (Lipinski definition) is 6. The first-order valence-corrected chi connectivity index (χ1v) is 9.37. The molecule has 29 heavy (non-hydrogen) atoms.